The molecule has 0 saturated heterocycles. The number of aldehydes is 1. The lowest BCUT2D eigenvalue weighted by Gasteiger charge is -2.19. The van der Waals surface area contributed by atoms with Crippen LogP contribution in [0.15, 0.2) is 6.07 Å². The van der Waals surface area contributed by atoms with E-state index < -0.39 is 0 Å². The summed E-state index contributed by atoms with van der Waals surface area (Å²) in [6.45, 7) is 1.92. The zero-order chi connectivity index (χ0) is 10.1. The standard InChI is InChI=1S/C12H14O2/c1-8-10-5-3-2-4-9(10)6-12(14)11(8)7-13/h6-7,14H,2-5H2,1H3. The second-order valence-electron chi connectivity index (χ2n) is 3.90. The van der Waals surface area contributed by atoms with Crippen molar-refractivity contribution in [3.05, 3.63) is 28.3 Å². The molecule has 0 unspecified atom stereocenters. The number of phenols is 1. The Morgan fingerprint density at radius 2 is 2.07 bits per heavy atom. The normalized spacial score (nSPS) is 14.9. The van der Waals surface area contributed by atoms with Gasteiger partial charge in [0.05, 0.1) is 5.56 Å². The number of carbonyl (C=O) groups excluding carboxylic acids is 1. The van der Waals surface area contributed by atoms with Crippen LogP contribution in [0.3, 0.4) is 0 Å². The van der Waals surface area contributed by atoms with Crippen molar-refractivity contribution in [3.8, 4) is 5.75 Å². The van der Waals surface area contributed by atoms with Gasteiger partial charge in [0.1, 0.15) is 5.75 Å². The first-order valence-electron chi connectivity index (χ1n) is 5.03. The number of aromatic hydroxyl groups is 1. The number of carbonyl (C=O) groups is 1. The van der Waals surface area contributed by atoms with E-state index in [1.807, 2.05) is 6.92 Å². The molecule has 1 aromatic carbocycles. The third-order valence-electron chi connectivity index (χ3n) is 3.07. The van der Waals surface area contributed by atoms with E-state index in [1.54, 1.807) is 6.07 Å². The average Bonchev–Trinajstić information content (AvgIpc) is 2.18. The third kappa shape index (κ3) is 1.31. The molecule has 2 heteroatoms. The molecule has 0 heterocycles. The quantitative estimate of drug-likeness (QED) is 0.690. The third-order valence-corrected chi connectivity index (χ3v) is 3.07. The first-order valence-corrected chi connectivity index (χ1v) is 5.03. The number of aryl methyl sites for hydroxylation is 1. The molecule has 1 aliphatic carbocycles. The Bertz CT molecular complexity index is 380. The van der Waals surface area contributed by atoms with Gasteiger partial charge < -0.3 is 5.11 Å². The number of phenolic OH excluding ortho intramolecular Hbond substituents is 1. The monoisotopic (exact) mass is 190 g/mol. The second kappa shape index (κ2) is 3.45. The van der Waals surface area contributed by atoms with Crippen LogP contribution in [-0.4, -0.2) is 11.4 Å². The van der Waals surface area contributed by atoms with E-state index >= 15 is 0 Å². The maximum atomic E-state index is 10.8. The first-order chi connectivity index (χ1) is 6.74. The molecule has 0 bridgehead atoms. The Kier molecular flexibility index (Phi) is 2.28. The Morgan fingerprint density at radius 1 is 1.36 bits per heavy atom. The van der Waals surface area contributed by atoms with E-state index in [9.17, 15) is 9.90 Å². The second-order valence-corrected chi connectivity index (χ2v) is 3.90. The van der Waals surface area contributed by atoms with Crippen molar-refractivity contribution in [1.82, 2.24) is 0 Å². The fourth-order valence-corrected chi connectivity index (χ4v) is 2.26. The van der Waals surface area contributed by atoms with E-state index in [2.05, 4.69) is 0 Å². The van der Waals surface area contributed by atoms with Crippen LogP contribution in [-0.2, 0) is 12.8 Å². The van der Waals surface area contributed by atoms with E-state index in [-0.39, 0.29) is 5.75 Å². The van der Waals surface area contributed by atoms with Gasteiger partial charge in [-0.3, -0.25) is 4.79 Å². The molecule has 0 aliphatic heterocycles. The van der Waals surface area contributed by atoms with Gasteiger partial charge >= 0.3 is 0 Å². The minimum absolute atomic E-state index is 0.137. The van der Waals surface area contributed by atoms with Crippen LogP contribution in [0.5, 0.6) is 5.75 Å². The Balaban J connectivity index is 2.63. The minimum atomic E-state index is 0.137. The maximum absolute atomic E-state index is 10.8. The fourth-order valence-electron chi connectivity index (χ4n) is 2.26. The van der Waals surface area contributed by atoms with Crippen molar-refractivity contribution in [2.45, 2.75) is 32.6 Å². The van der Waals surface area contributed by atoms with Crippen molar-refractivity contribution in [2.75, 3.05) is 0 Å². The molecule has 14 heavy (non-hydrogen) atoms. The highest BCUT2D eigenvalue weighted by molar-refractivity contribution is 5.82. The number of benzene rings is 1. The molecule has 1 aromatic rings. The van der Waals surface area contributed by atoms with E-state index in [4.69, 9.17) is 0 Å². The molecule has 0 aromatic heterocycles. The number of fused-ring (bicyclic) bond motifs is 1. The van der Waals surface area contributed by atoms with Crippen LogP contribution in [0, 0.1) is 6.92 Å². The lowest BCUT2D eigenvalue weighted by Crippen LogP contribution is -2.06. The van der Waals surface area contributed by atoms with Crippen LogP contribution in [0.2, 0.25) is 0 Å². The van der Waals surface area contributed by atoms with Gasteiger partial charge in [-0.05, 0) is 55.4 Å². The highest BCUT2D eigenvalue weighted by Gasteiger charge is 2.16. The van der Waals surface area contributed by atoms with Gasteiger partial charge in [-0.1, -0.05) is 0 Å². The van der Waals surface area contributed by atoms with Crippen LogP contribution >= 0.6 is 0 Å². The summed E-state index contributed by atoms with van der Waals surface area (Å²) >= 11 is 0. The molecule has 0 spiro atoms. The summed E-state index contributed by atoms with van der Waals surface area (Å²) in [7, 11) is 0. The number of hydrogen-bond donors (Lipinski definition) is 1. The lowest BCUT2D eigenvalue weighted by atomic mass is 9.86. The molecular formula is C12H14O2. The smallest absolute Gasteiger partial charge is 0.154 e. The van der Waals surface area contributed by atoms with Gasteiger partial charge in [-0.15, -0.1) is 0 Å². The highest BCUT2D eigenvalue weighted by Crippen LogP contribution is 2.31. The Hall–Kier alpha value is -1.31. The van der Waals surface area contributed by atoms with Crippen molar-refractivity contribution < 1.29 is 9.90 Å². The first kappa shape index (κ1) is 9.25. The summed E-state index contributed by atoms with van der Waals surface area (Å²) in [5, 5.41) is 9.62. The molecule has 2 rings (SSSR count). The molecule has 74 valence electrons. The van der Waals surface area contributed by atoms with Gasteiger partial charge in [0.25, 0.3) is 0 Å². The molecule has 0 fully saturated rings. The van der Waals surface area contributed by atoms with E-state index in [1.165, 1.54) is 24.0 Å². The molecule has 0 amide bonds. The summed E-state index contributed by atoms with van der Waals surface area (Å²) in [6.07, 6.45) is 5.20. The predicted molar refractivity (Wildman–Crippen MR) is 54.9 cm³/mol. The SMILES string of the molecule is Cc1c(C=O)c(O)cc2c1CCCC2. The van der Waals surface area contributed by atoms with E-state index in [0.29, 0.717) is 5.56 Å². The summed E-state index contributed by atoms with van der Waals surface area (Å²) in [5.41, 5.74) is 3.92. The summed E-state index contributed by atoms with van der Waals surface area (Å²) in [4.78, 5) is 10.8. The van der Waals surface area contributed by atoms with Crippen LogP contribution in [0.25, 0.3) is 0 Å². The summed E-state index contributed by atoms with van der Waals surface area (Å²) in [6, 6.07) is 1.76. The maximum Gasteiger partial charge on any atom is 0.154 e. The molecule has 0 saturated carbocycles. The van der Waals surface area contributed by atoms with Gasteiger partial charge in [-0.25, -0.2) is 0 Å². The topological polar surface area (TPSA) is 37.3 Å². The summed E-state index contributed by atoms with van der Waals surface area (Å²) in [5.74, 6) is 0.137. The molecule has 1 N–H and O–H groups in total. The van der Waals surface area contributed by atoms with Gasteiger partial charge in [0.15, 0.2) is 6.29 Å². The number of hydrogen-bond acceptors (Lipinski definition) is 2. The molecule has 2 nitrogen and oxygen atoms in total. The molecular weight excluding hydrogens is 176 g/mol. The van der Waals surface area contributed by atoms with Crippen molar-refractivity contribution >= 4 is 6.29 Å². The van der Waals surface area contributed by atoms with Crippen molar-refractivity contribution in [2.24, 2.45) is 0 Å². The van der Waals surface area contributed by atoms with Gasteiger partial charge in [0.2, 0.25) is 0 Å². The van der Waals surface area contributed by atoms with Crippen LogP contribution in [0.4, 0.5) is 0 Å². The van der Waals surface area contributed by atoms with Gasteiger partial charge in [-0.2, -0.15) is 0 Å². The predicted octanol–water partition coefficient (Wildman–Crippen LogP) is 2.39. The molecule has 1 aliphatic rings. The van der Waals surface area contributed by atoms with Crippen LogP contribution < -0.4 is 0 Å². The zero-order valence-corrected chi connectivity index (χ0v) is 8.34. The molecule has 0 atom stereocenters. The van der Waals surface area contributed by atoms with Gasteiger partial charge in [0, 0.05) is 0 Å². The minimum Gasteiger partial charge on any atom is -0.507 e. The number of rotatable bonds is 1. The van der Waals surface area contributed by atoms with Crippen molar-refractivity contribution in [1.29, 1.82) is 0 Å². The summed E-state index contributed by atoms with van der Waals surface area (Å²) < 4.78 is 0. The highest BCUT2D eigenvalue weighted by atomic mass is 16.3. The fraction of sp³-hybridized carbons (Fsp3) is 0.417. The largest absolute Gasteiger partial charge is 0.507 e. The Labute approximate surface area is 83.6 Å². The van der Waals surface area contributed by atoms with Crippen LogP contribution in [0.1, 0.15) is 39.9 Å². The van der Waals surface area contributed by atoms with Crippen molar-refractivity contribution in [3.63, 3.8) is 0 Å². The molecule has 0 radical (unpaired) electrons. The zero-order valence-electron chi connectivity index (χ0n) is 8.34. The van der Waals surface area contributed by atoms with E-state index in [0.717, 1.165) is 24.7 Å². The lowest BCUT2D eigenvalue weighted by molar-refractivity contribution is 0.112. The Morgan fingerprint density at radius 3 is 2.79 bits per heavy atom. The average molecular weight is 190 g/mol.